The van der Waals surface area contributed by atoms with E-state index in [2.05, 4.69) is 17.4 Å². The van der Waals surface area contributed by atoms with Crippen LogP contribution in [-0.4, -0.2) is 36.7 Å². The molecule has 8 heteroatoms. The van der Waals surface area contributed by atoms with Crippen molar-refractivity contribution in [3.8, 4) is 23.0 Å². The van der Waals surface area contributed by atoms with Gasteiger partial charge >= 0.3 is 5.97 Å². The van der Waals surface area contributed by atoms with E-state index in [0.717, 1.165) is 25.0 Å². The van der Waals surface area contributed by atoms with Gasteiger partial charge in [0.05, 0.1) is 24.7 Å². The van der Waals surface area contributed by atoms with Crippen molar-refractivity contribution in [1.82, 2.24) is 5.32 Å². The number of carboxylic acid groups (broad SMARTS) is 1. The summed E-state index contributed by atoms with van der Waals surface area (Å²) in [5.41, 5.74) is 2.36. The molecule has 3 unspecified atom stereocenters. The van der Waals surface area contributed by atoms with Gasteiger partial charge in [-0.2, -0.15) is 0 Å². The van der Waals surface area contributed by atoms with E-state index in [1.807, 2.05) is 12.1 Å². The monoisotopic (exact) mass is 521 g/mol. The fourth-order valence-electron chi connectivity index (χ4n) is 5.09. The number of fused-ring (bicyclic) bond motifs is 1. The third kappa shape index (κ3) is 5.52. The van der Waals surface area contributed by atoms with Crippen molar-refractivity contribution in [2.75, 3.05) is 13.7 Å². The van der Waals surface area contributed by atoms with E-state index >= 15 is 0 Å². The third-order valence-corrected chi connectivity index (χ3v) is 7.40. The summed E-state index contributed by atoms with van der Waals surface area (Å²) >= 11 is 6.39. The molecule has 1 heterocycles. The highest BCUT2D eigenvalue weighted by Gasteiger charge is 2.29. The highest BCUT2D eigenvalue weighted by Crippen LogP contribution is 2.42. The van der Waals surface area contributed by atoms with Crippen LogP contribution in [0.4, 0.5) is 0 Å². The van der Waals surface area contributed by atoms with Gasteiger partial charge in [0.15, 0.2) is 0 Å². The van der Waals surface area contributed by atoms with Crippen LogP contribution in [0.15, 0.2) is 60.7 Å². The quantitative estimate of drug-likeness (QED) is 0.387. The maximum absolute atomic E-state index is 12.8. The van der Waals surface area contributed by atoms with Crippen molar-refractivity contribution in [2.45, 2.75) is 43.6 Å². The first kappa shape index (κ1) is 25.0. The molecule has 5 rings (SSSR count). The normalized spacial score (nSPS) is 20.4. The van der Waals surface area contributed by atoms with Crippen LogP contribution in [-0.2, 0) is 4.79 Å². The average Bonchev–Trinajstić information content (AvgIpc) is 3.37. The van der Waals surface area contributed by atoms with Gasteiger partial charge in [0.25, 0.3) is 5.91 Å². The molecule has 3 aromatic rings. The van der Waals surface area contributed by atoms with Gasteiger partial charge in [0.1, 0.15) is 23.0 Å². The number of amides is 1. The van der Waals surface area contributed by atoms with E-state index in [1.165, 1.54) is 5.56 Å². The molecule has 192 valence electrons. The lowest BCUT2D eigenvalue weighted by atomic mass is 9.93. The number of hydrogen-bond acceptors (Lipinski definition) is 5. The largest absolute Gasteiger partial charge is 0.497 e. The van der Waals surface area contributed by atoms with Gasteiger partial charge in [0, 0.05) is 23.2 Å². The zero-order valence-corrected chi connectivity index (χ0v) is 21.2. The maximum Gasteiger partial charge on any atom is 0.311 e. The summed E-state index contributed by atoms with van der Waals surface area (Å²) in [5.74, 6) is 0.904. The van der Waals surface area contributed by atoms with Gasteiger partial charge in [-0.3, -0.25) is 9.59 Å². The van der Waals surface area contributed by atoms with Gasteiger partial charge in [-0.25, -0.2) is 0 Å². The molecule has 0 radical (unpaired) electrons. The Kier molecular flexibility index (Phi) is 7.24. The van der Waals surface area contributed by atoms with E-state index in [-0.39, 0.29) is 11.9 Å². The Hall–Kier alpha value is -3.71. The number of carbonyl (C=O) groups is 2. The van der Waals surface area contributed by atoms with Crippen LogP contribution >= 0.6 is 11.6 Å². The van der Waals surface area contributed by atoms with Crippen molar-refractivity contribution in [3.63, 3.8) is 0 Å². The summed E-state index contributed by atoms with van der Waals surface area (Å²) in [6.07, 6.45) is 3.26. The number of ether oxygens (including phenoxy) is 3. The van der Waals surface area contributed by atoms with Crippen LogP contribution < -0.4 is 19.5 Å². The Morgan fingerprint density at radius 3 is 2.43 bits per heavy atom. The Labute approximate surface area is 220 Å². The van der Waals surface area contributed by atoms with Crippen LogP contribution in [0.1, 0.15) is 59.0 Å². The number of hydrogen-bond donors (Lipinski definition) is 2. The van der Waals surface area contributed by atoms with Crippen molar-refractivity contribution in [1.29, 1.82) is 0 Å². The van der Waals surface area contributed by atoms with Crippen LogP contribution in [0.2, 0.25) is 5.02 Å². The van der Waals surface area contributed by atoms with Gasteiger partial charge in [-0.1, -0.05) is 23.7 Å². The van der Waals surface area contributed by atoms with Crippen LogP contribution in [0.5, 0.6) is 23.0 Å². The topological polar surface area (TPSA) is 94.1 Å². The number of methoxy groups -OCH3 is 1. The minimum Gasteiger partial charge on any atom is -0.497 e. The average molecular weight is 522 g/mol. The summed E-state index contributed by atoms with van der Waals surface area (Å²) in [6, 6.07) is 18.3. The third-order valence-electron chi connectivity index (χ3n) is 7.10. The number of rotatable bonds is 7. The number of nitrogens with one attached hydrogen (secondary N) is 1. The van der Waals surface area contributed by atoms with E-state index < -0.39 is 11.9 Å². The highest BCUT2D eigenvalue weighted by atomic mass is 35.5. The predicted octanol–water partition coefficient (Wildman–Crippen LogP) is 6.16. The zero-order chi connectivity index (χ0) is 25.9. The van der Waals surface area contributed by atoms with Gasteiger partial charge < -0.3 is 24.6 Å². The van der Waals surface area contributed by atoms with Gasteiger partial charge in [-0.05, 0) is 79.6 Å². The summed E-state index contributed by atoms with van der Waals surface area (Å²) in [7, 11) is 1.66. The molecule has 3 atom stereocenters. The van der Waals surface area contributed by atoms with Gasteiger partial charge in [0.2, 0.25) is 0 Å². The smallest absolute Gasteiger partial charge is 0.311 e. The number of halogens is 1. The molecule has 1 aliphatic carbocycles. The Morgan fingerprint density at radius 2 is 1.73 bits per heavy atom. The molecule has 3 aromatic carbocycles. The van der Waals surface area contributed by atoms with Crippen molar-refractivity contribution in [3.05, 3.63) is 82.4 Å². The molecule has 7 nitrogen and oxygen atoms in total. The molecular formula is C29H28ClNO6. The van der Waals surface area contributed by atoms with E-state index in [9.17, 15) is 14.7 Å². The lowest BCUT2D eigenvalue weighted by Gasteiger charge is -2.24. The second-order valence-electron chi connectivity index (χ2n) is 9.43. The summed E-state index contributed by atoms with van der Waals surface area (Å²) in [5, 5.41) is 12.9. The Balaban J connectivity index is 1.20. The van der Waals surface area contributed by atoms with Crippen molar-refractivity contribution in [2.24, 2.45) is 0 Å². The fourth-order valence-corrected chi connectivity index (χ4v) is 5.30. The molecule has 0 bridgehead atoms. The predicted molar refractivity (Wildman–Crippen MR) is 139 cm³/mol. The molecule has 37 heavy (non-hydrogen) atoms. The molecule has 1 fully saturated rings. The molecule has 1 saturated carbocycles. The second-order valence-corrected chi connectivity index (χ2v) is 9.84. The first-order valence-corrected chi connectivity index (χ1v) is 12.7. The number of aliphatic carboxylic acids is 1. The standard InChI is InChI=1S/C29H28ClNO6/c1-35-21-8-3-17(4-9-21)19-2-7-20(14-19)31-28(32)18-5-10-22(11-6-18)37-27-16-26-24(15-25(27)30)23(29(33)34)12-13-36-26/h3-6,8-11,15-16,19-20,23H,2,7,12-14H2,1H3,(H,31,32)(H,33,34). The van der Waals surface area contributed by atoms with E-state index in [0.29, 0.717) is 52.3 Å². The zero-order valence-electron chi connectivity index (χ0n) is 20.4. The lowest BCUT2D eigenvalue weighted by molar-refractivity contribution is -0.139. The number of carboxylic acids is 1. The summed E-state index contributed by atoms with van der Waals surface area (Å²) in [6.45, 7) is 0.316. The molecule has 0 saturated heterocycles. The minimum atomic E-state index is -0.906. The molecule has 1 aliphatic heterocycles. The SMILES string of the molecule is COc1ccc(C2CCC(NC(=O)c3ccc(Oc4cc5c(cc4Cl)C(C(=O)O)CCO5)cc3)C2)cc1. The van der Waals surface area contributed by atoms with Crippen LogP contribution in [0.25, 0.3) is 0 Å². The highest BCUT2D eigenvalue weighted by molar-refractivity contribution is 6.32. The molecule has 1 amide bonds. The Morgan fingerprint density at radius 1 is 1.00 bits per heavy atom. The van der Waals surface area contributed by atoms with Crippen LogP contribution in [0.3, 0.4) is 0 Å². The van der Waals surface area contributed by atoms with E-state index in [1.54, 1.807) is 43.5 Å². The van der Waals surface area contributed by atoms with Crippen molar-refractivity contribution < 1.29 is 28.9 Å². The molecule has 0 spiro atoms. The maximum atomic E-state index is 12.8. The van der Waals surface area contributed by atoms with Gasteiger partial charge in [-0.15, -0.1) is 0 Å². The summed E-state index contributed by atoms with van der Waals surface area (Å²) < 4.78 is 16.8. The van der Waals surface area contributed by atoms with Crippen molar-refractivity contribution >= 4 is 23.5 Å². The number of carbonyl (C=O) groups excluding carboxylic acids is 1. The molecular weight excluding hydrogens is 494 g/mol. The lowest BCUT2D eigenvalue weighted by Crippen LogP contribution is -2.32. The first-order chi connectivity index (χ1) is 17.9. The Bertz CT molecular complexity index is 1290. The van der Waals surface area contributed by atoms with E-state index in [4.69, 9.17) is 25.8 Å². The number of benzene rings is 3. The molecule has 2 N–H and O–H groups in total. The fraction of sp³-hybridized carbons (Fsp3) is 0.310. The summed E-state index contributed by atoms with van der Waals surface area (Å²) in [4.78, 5) is 24.4. The molecule has 2 aliphatic rings. The van der Waals surface area contributed by atoms with Crippen LogP contribution in [0, 0.1) is 0 Å². The molecule has 0 aromatic heterocycles. The second kappa shape index (κ2) is 10.7. The first-order valence-electron chi connectivity index (χ1n) is 12.3. The minimum absolute atomic E-state index is 0.119.